The molecule has 6 heteroatoms. The minimum atomic E-state index is -1.44. The van der Waals surface area contributed by atoms with Crippen LogP contribution in [-0.2, 0) is 10.3 Å². The molecule has 1 aliphatic rings. The molecule has 136 valence electrons. The molecule has 1 fully saturated rings. The van der Waals surface area contributed by atoms with Crippen LogP contribution in [0.3, 0.4) is 0 Å². The first-order valence-electron chi connectivity index (χ1n) is 8.51. The van der Waals surface area contributed by atoms with Gasteiger partial charge in [-0.25, -0.2) is 4.79 Å². The molecule has 4 nitrogen and oxygen atoms in total. The molecule has 26 heavy (non-hydrogen) atoms. The first kappa shape index (κ1) is 18.9. The van der Waals surface area contributed by atoms with Crippen LogP contribution in [0.1, 0.15) is 39.4 Å². The van der Waals surface area contributed by atoms with Gasteiger partial charge in [0, 0.05) is 17.1 Å². The topological polar surface area (TPSA) is 66.4 Å². The summed E-state index contributed by atoms with van der Waals surface area (Å²) in [6.07, 6.45) is 0.255. The number of thioether (sulfide) groups is 2. The van der Waals surface area contributed by atoms with Gasteiger partial charge >= 0.3 is 5.97 Å². The summed E-state index contributed by atoms with van der Waals surface area (Å²) >= 11 is 3.82. The van der Waals surface area contributed by atoms with Gasteiger partial charge in [-0.15, -0.1) is 23.5 Å². The Hall–Kier alpha value is -1.92. The number of hydrogen-bond acceptors (Lipinski definition) is 4. The first-order valence-corrected chi connectivity index (χ1v) is 10.6. The predicted octanol–water partition coefficient (Wildman–Crippen LogP) is 4.29. The summed E-state index contributed by atoms with van der Waals surface area (Å²) in [5.41, 5.74) is 0.793. The molecule has 2 N–H and O–H groups in total. The molecule has 1 amide bonds. The van der Waals surface area contributed by atoms with Gasteiger partial charge in [-0.3, -0.25) is 4.79 Å². The van der Waals surface area contributed by atoms with Crippen molar-refractivity contribution in [3.05, 3.63) is 71.3 Å². The lowest BCUT2D eigenvalue weighted by atomic mass is 9.87. The molecule has 1 unspecified atom stereocenters. The molecule has 2 aromatic carbocycles. The van der Waals surface area contributed by atoms with E-state index in [9.17, 15) is 14.7 Å². The molecule has 0 bridgehead atoms. The maximum absolute atomic E-state index is 12.7. The maximum atomic E-state index is 12.7. The van der Waals surface area contributed by atoms with Crippen LogP contribution in [-0.4, -0.2) is 28.5 Å². The van der Waals surface area contributed by atoms with Crippen LogP contribution in [0.25, 0.3) is 0 Å². The Morgan fingerprint density at radius 3 is 2.23 bits per heavy atom. The van der Waals surface area contributed by atoms with Gasteiger partial charge in [-0.2, -0.15) is 0 Å². The Balaban J connectivity index is 1.83. The highest BCUT2D eigenvalue weighted by molar-refractivity contribution is 8.19. The van der Waals surface area contributed by atoms with E-state index in [0.29, 0.717) is 15.7 Å². The number of carbonyl (C=O) groups is 2. The minimum Gasteiger partial charge on any atom is -0.479 e. The highest BCUT2D eigenvalue weighted by Gasteiger charge is 2.40. The molecule has 1 saturated heterocycles. The Bertz CT molecular complexity index is 773. The maximum Gasteiger partial charge on any atom is 0.334 e. The fourth-order valence-electron chi connectivity index (χ4n) is 3.02. The van der Waals surface area contributed by atoms with Gasteiger partial charge < -0.3 is 10.4 Å². The van der Waals surface area contributed by atoms with E-state index in [1.54, 1.807) is 43.3 Å². The number of carbonyl (C=O) groups excluding carboxylic acids is 1. The zero-order chi connectivity index (χ0) is 18.6. The largest absolute Gasteiger partial charge is 0.479 e. The lowest BCUT2D eigenvalue weighted by Crippen LogP contribution is -2.51. The fraction of sp³-hybridized carbons (Fsp3) is 0.300. The molecule has 0 radical (unpaired) electrons. The van der Waals surface area contributed by atoms with Crippen LogP contribution in [0.2, 0.25) is 0 Å². The third kappa shape index (κ3) is 3.76. The second-order valence-electron chi connectivity index (χ2n) is 6.08. The van der Waals surface area contributed by atoms with Gasteiger partial charge in [0.15, 0.2) is 5.54 Å². The van der Waals surface area contributed by atoms with Crippen LogP contribution in [0, 0.1) is 0 Å². The summed E-state index contributed by atoms with van der Waals surface area (Å²) in [4.78, 5) is 24.8. The molecule has 0 saturated carbocycles. The van der Waals surface area contributed by atoms with Gasteiger partial charge in [0.05, 0.1) is 4.58 Å². The number of carboxylic acids is 1. The molecular weight excluding hydrogens is 366 g/mol. The predicted molar refractivity (Wildman–Crippen MR) is 108 cm³/mol. The molecular formula is C20H21NO3S2. The van der Waals surface area contributed by atoms with E-state index >= 15 is 0 Å². The van der Waals surface area contributed by atoms with Crippen molar-refractivity contribution >= 4 is 35.4 Å². The van der Waals surface area contributed by atoms with Crippen LogP contribution >= 0.6 is 23.5 Å². The van der Waals surface area contributed by atoms with Crippen molar-refractivity contribution < 1.29 is 14.7 Å². The average Bonchev–Trinajstić information content (AvgIpc) is 3.21. The van der Waals surface area contributed by atoms with E-state index in [1.165, 1.54) is 5.56 Å². The van der Waals surface area contributed by atoms with E-state index in [2.05, 4.69) is 5.32 Å². The molecule has 0 aliphatic carbocycles. The summed E-state index contributed by atoms with van der Waals surface area (Å²) in [5, 5.41) is 12.6. The van der Waals surface area contributed by atoms with Crippen LogP contribution < -0.4 is 5.32 Å². The van der Waals surface area contributed by atoms with Crippen molar-refractivity contribution in [3.63, 3.8) is 0 Å². The minimum absolute atomic E-state index is 0.255. The number of benzene rings is 2. The summed E-state index contributed by atoms with van der Waals surface area (Å²) in [6, 6.07) is 16.3. The fourth-order valence-corrected chi connectivity index (χ4v) is 5.88. The van der Waals surface area contributed by atoms with Crippen molar-refractivity contribution in [1.29, 1.82) is 0 Å². The Kier molecular flexibility index (Phi) is 5.94. The van der Waals surface area contributed by atoms with E-state index in [1.807, 2.05) is 41.7 Å². The van der Waals surface area contributed by atoms with Crippen LogP contribution in [0.4, 0.5) is 0 Å². The van der Waals surface area contributed by atoms with Crippen molar-refractivity contribution in [2.75, 3.05) is 11.5 Å². The second-order valence-corrected chi connectivity index (χ2v) is 8.80. The van der Waals surface area contributed by atoms with E-state index in [0.717, 1.165) is 11.5 Å². The zero-order valence-electron chi connectivity index (χ0n) is 14.5. The molecule has 0 aromatic heterocycles. The van der Waals surface area contributed by atoms with Crippen molar-refractivity contribution in [1.82, 2.24) is 5.32 Å². The third-order valence-corrected chi connectivity index (χ3v) is 7.66. The summed E-state index contributed by atoms with van der Waals surface area (Å²) < 4.78 is 0.421. The summed E-state index contributed by atoms with van der Waals surface area (Å²) in [5.74, 6) is 0.852. The van der Waals surface area contributed by atoms with E-state index in [-0.39, 0.29) is 12.3 Å². The van der Waals surface area contributed by atoms with Gasteiger partial charge in [-0.1, -0.05) is 49.4 Å². The van der Waals surface area contributed by atoms with E-state index < -0.39 is 11.5 Å². The SMILES string of the molecule is CCC(NC(=O)c1ccc(C2SCCS2)cc1)(C(=O)O)c1ccccc1. The lowest BCUT2D eigenvalue weighted by molar-refractivity contribution is -0.145. The van der Waals surface area contributed by atoms with Crippen molar-refractivity contribution in [2.24, 2.45) is 0 Å². The number of nitrogens with one attached hydrogen (secondary N) is 1. The monoisotopic (exact) mass is 387 g/mol. The third-order valence-electron chi connectivity index (χ3n) is 4.56. The van der Waals surface area contributed by atoms with Gasteiger partial charge in [0.2, 0.25) is 0 Å². The van der Waals surface area contributed by atoms with Crippen LogP contribution in [0.5, 0.6) is 0 Å². The summed E-state index contributed by atoms with van der Waals surface area (Å²) in [6.45, 7) is 1.76. The molecule has 1 atom stereocenters. The molecule has 2 aromatic rings. The zero-order valence-corrected chi connectivity index (χ0v) is 16.1. The van der Waals surface area contributed by atoms with Gasteiger partial charge in [0.1, 0.15) is 0 Å². The molecule has 3 rings (SSSR count). The van der Waals surface area contributed by atoms with Crippen molar-refractivity contribution in [2.45, 2.75) is 23.5 Å². The lowest BCUT2D eigenvalue weighted by Gasteiger charge is -2.30. The summed E-state index contributed by atoms with van der Waals surface area (Å²) in [7, 11) is 0. The number of aliphatic carboxylic acids is 1. The number of amides is 1. The Labute approximate surface area is 161 Å². The smallest absolute Gasteiger partial charge is 0.334 e. The Morgan fingerprint density at radius 1 is 1.08 bits per heavy atom. The highest BCUT2D eigenvalue weighted by atomic mass is 32.2. The molecule has 1 heterocycles. The number of hydrogen-bond donors (Lipinski definition) is 2. The Morgan fingerprint density at radius 2 is 1.69 bits per heavy atom. The highest BCUT2D eigenvalue weighted by Crippen LogP contribution is 2.45. The normalized spacial score (nSPS) is 16.8. The number of carboxylic acid groups (broad SMARTS) is 1. The first-order chi connectivity index (χ1) is 12.6. The average molecular weight is 388 g/mol. The molecule has 1 aliphatic heterocycles. The van der Waals surface area contributed by atoms with Gasteiger partial charge in [-0.05, 0) is 29.7 Å². The second kappa shape index (κ2) is 8.18. The number of rotatable bonds is 6. The van der Waals surface area contributed by atoms with Crippen LogP contribution in [0.15, 0.2) is 54.6 Å². The van der Waals surface area contributed by atoms with E-state index in [4.69, 9.17) is 0 Å². The van der Waals surface area contributed by atoms with Gasteiger partial charge in [0.25, 0.3) is 5.91 Å². The molecule has 0 spiro atoms. The van der Waals surface area contributed by atoms with Crippen molar-refractivity contribution in [3.8, 4) is 0 Å². The standard InChI is InChI=1S/C20H21NO3S2/c1-2-20(19(23)24,16-6-4-3-5-7-16)21-17(22)14-8-10-15(11-9-14)18-25-12-13-26-18/h3-11,18H,2,12-13H2,1H3,(H,21,22)(H,23,24). The quantitative estimate of drug-likeness (QED) is 0.774.